The molecule has 0 spiro atoms. The van der Waals surface area contributed by atoms with E-state index in [0.29, 0.717) is 12.1 Å². The van der Waals surface area contributed by atoms with Crippen molar-refractivity contribution in [1.82, 2.24) is 0 Å². The normalized spacial score (nSPS) is 14.4. The van der Waals surface area contributed by atoms with Crippen molar-refractivity contribution in [2.24, 2.45) is 0 Å². The summed E-state index contributed by atoms with van der Waals surface area (Å²) in [6.45, 7) is 2.26. The molecule has 0 aliphatic carbocycles. The fraction of sp³-hybridized carbons (Fsp3) is 0.235. The summed E-state index contributed by atoms with van der Waals surface area (Å²) in [5, 5.41) is 0. The van der Waals surface area contributed by atoms with Gasteiger partial charge in [-0.25, -0.2) is 8.42 Å². The number of fused-ring (bicyclic) bond motifs is 1. The maximum Gasteiger partial charge on any atom is 0.258 e. The molecule has 0 N–H and O–H groups in total. The fourth-order valence-electron chi connectivity index (χ4n) is 2.51. The van der Waals surface area contributed by atoms with Gasteiger partial charge in [0, 0.05) is 22.8 Å². The van der Waals surface area contributed by atoms with Crippen molar-refractivity contribution in [2.75, 3.05) is 23.0 Å². The largest absolute Gasteiger partial charge is 0.306 e. The van der Waals surface area contributed by atoms with Crippen molar-refractivity contribution in [3.05, 3.63) is 54.1 Å². The first kappa shape index (κ1) is 16.1. The Morgan fingerprint density at radius 2 is 1.83 bits per heavy atom. The minimum absolute atomic E-state index is 0.0526. The van der Waals surface area contributed by atoms with E-state index in [4.69, 9.17) is 0 Å². The predicted molar refractivity (Wildman–Crippen MR) is 93.0 cm³/mol. The predicted octanol–water partition coefficient (Wildman–Crippen LogP) is 3.23. The van der Waals surface area contributed by atoms with Crippen molar-refractivity contribution in [3.63, 3.8) is 0 Å². The van der Waals surface area contributed by atoms with E-state index in [1.54, 1.807) is 35.7 Å². The zero-order valence-corrected chi connectivity index (χ0v) is 14.4. The molecule has 3 rings (SSSR count). The molecular weight excluding hydrogens is 330 g/mol. The average Bonchev–Trinajstić information content (AvgIpc) is 2.60. The van der Waals surface area contributed by atoms with Gasteiger partial charge in [-0.15, -0.1) is 11.8 Å². The number of nitrogens with zero attached hydrogens (tertiary/aromatic N) is 1. The monoisotopic (exact) mass is 347 g/mol. The lowest BCUT2D eigenvalue weighted by molar-refractivity contribution is 0.0987. The summed E-state index contributed by atoms with van der Waals surface area (Å²) in [6, 6.07) is 14.0. The second-order valence-corrected chi connectivity index (χ2v) is 8.62. The molecular formula is C17H17NO3S2. The molecule has 4 nitrogen and oxygen atoms in total. The topological polar surface area (TPSA) is 54.5 Å². The molecule has 0 aromatic heterocycles. The van der Waals surface area contributed by atoms with E-state index in [-0.39, 0.29) is 16.6 Å². The Labute approximate surface area is 140 Å². The van der Waals surface area contributed by atoms with Crippen LogP contribution in [0.25, 0.3) is 0 Å². The van der Waals surface area contributed by atoms with Gasteiger partial charge in [0.25, 0.3) is 5.91 Å². The van der Waals surface area contributed by atoms with E-state index in [2.05, 4.69) is 0 Å². The molecule has 1 heterocycles. The molecule has 0 saturated carbocycles. The maximum absolute atomic E-state index is 12.8. The number of benzene rings is 2. The van der Waals surface area contributed by atoms with Crippen molar-refractivity contribution in [3.8, 4) is 0 Å². The van der Waals surface area contributed by atoms with Crippen LogP contribution in [0.3, 0.4) is 0 Å². The van der Waals surface area contributed by atoms with Gasteiger partial charge < -0.3 is 4.90 Å². The number of carbonyl (C=O) groups excluding carboxylic acids is 1. The van der Waals surface area contributed by atoms with Gasteiger partial charge in [-0.1, -0.05) is 19.1 Å². The smallest absolute Gasteiger partial charge is 0.258 e. The van der Waals surface area contributed by atoms with Crippen LogP contribution in [0.5, 0.6) is 0 Å². The summed E-state index contributed by atoms with van der Waals surface area (Å²) < 4.78 is 23.7. The zero-order chi connectivity index (χ0) is 16.4. The molecule has 0 bridgehead atoms. The summed E-state index contributed by atoms with van der Waals surface area (Å²) in [7, 11) is -3.24. The molecule has 120 valence electrons. The molecule has 0 unspecified atom stereocenters. The van der Waals surface area contributed by atoms with Gasteiger partial charge in [0.15, 0.2) is 9.84 Å². The standard InChI is InChI=1S/C17H17NO3S2/c1-2-23(20,21)14-9-7-13(8-10-14)17(19)18-11-12-22-16-6-4-3-5-15(16)18/h3-10H,2,11-12H2,1H3. The van der Waals surface area contributed by atoms with E-state index in [0.717, 1.165) is 16.3 Å². The highest BCUT2D eigenvalue weighted by Gasteiger charge is 2.24. The summed E-state index contributed by atoms with van der Waals surface area (Å²) >= 11 is 1.74. The number of sulfone groups is 1. The lowest BCUT2D eigenvalue weighted by Gasteiger charge is -2.29. The van der Waals surface area contributed by atoms with Crippen molar-refractivity contribution in [1.29, 1.82) is 0 Å². The molecule has 1 amide bonds. The van der Waals surface area contributed by atoms with Gasteiger partial charge in [0.05, 0.1) is 16.3 Å². The average molecular weight is 347 g/mol. The van der Waals surface area contributed by atoms with E-state index in [1.807, 2.05) is 24.3 Å². The Kier molecular flexibility index (Phi) is 4.46. The van der Waals surface area contributed by atoms with Crippen LogP contribution in [0.15, 0.2) is 58.3 Å². The molecule has 6 heteroatoms. The van der Waals surface area contributed by atoms with Crippen LogP contribution < -0.4 is 4.90 Å². The van der Waals surface area contributed by atoms with Gasteiger partial charge >= 0.3 is 0 Å². The van der Waals surface area contributed by atoms with Crippen LogP contribution in [0, 0.1) is 0 Å². The zero-order valence-electron chi connectivity index (χ0n) is 12.7. The molecule has 2 aromatic carbocycles. The number of thioether (sulfide) groups is 1. The van der Waals surface area contributed by atoms with Gasteiger partial charge in [-0.2, -0.15) is 0 Å². The second-order valence-electron chi connectivity index (χ2n) is 5.20. The number of hydrogen-bond acceptors (Lipinski definition) is 4. The molecule has 0 saturated heterocycles. The summed E-state index contributed by atoms with van der Waals surface area (Å²) in [5.74, 6) is 0.806. The van der Waals surface area contributed by atoms with Crippen LogP contribution in [0.2, 0.25) is 0 Å². The van der Waals surface area contributed by atoms with Crippen molar-refractivity contribution >= 4 is 33.2 Å². The molecule has 1 aliphatic heterocycles. The molecule has 0 radical (unpaired) electrons. The Morgan fingerprint density at radius 1 is 1.13 bits per heavy atom. The van der Waals surface area contributed by atoms with E-state index < -0.39 is 9.84 Å². The third-order valence-corrected chi connectivity index (χ3v) is 6.61. The summed E-state index contributed by atoms with van der Waals surface area (Å²) in [6.07, 6.45) is 0. The highest BCUT2D eigenvalue weighted by atomic mass is 32.2. The maximum atomic E-state index is 12.8. The van der Waals surface area contributed by atoms with Gasteiger partial charge in [0.2, 0.25) is 0 Å². The first-order valence-corrected chi connectivity index (χ1v) is 10.0. The molecule has 0 atom stereocenters. The minimum atomic E-state index is -3.24. The minimum Gasteiger partial charge on any atom is -0.306 e. The Morgan fingerprint density at radius 3 is 2.52 bits per heavy atom. The highest BCUT2D eigenvalue weighted by molar-refractivity contribution is 7.99. The van der Waals surface area contributed by atoms with E-state index in [1.165, 1.54) is 12.1 Å². The van der Waals surface area contributed by atoms with Crippen LogP contribution >= 0.6 is 11.8 Å². The quantitative estimate of drug-likeness (QED) is 0.855. The lowest BCUT2D eigenvalue weighted by atomic mass is 10.1. The molecule has 1 aliphatic rings. The fourth-order valence-corrected chi connectivity index (χ4v) is 4.39. The summed E-state index contributed by atoms with van der Waals surface area (Å²) in [4.78, 5) is 15.9. The number of carbonyl (C=O) groups is 1. The summed E-state index contributed by atoms with van der Waals surface area (Å²) in [5.41, 5.74) is 1.42. The van der Waals surface area contributed by atoms with E-state index in [9.17, 15) is 13.2 Å². The highest BCUT2D eigenvalue weighted by Crippen LogP contribution is 2.35. The van der Waals surface area contributed by atoms with Crippen molar-refractivity contribution in [2.45, 2.75) is 16.7 Å². The first-order chi connectivity index (χ1) is 11.0. The third kappa shape index (κ3) is 3.14. The van der Waals surface area contributed by atoms with Gasteiger partial charge in [-0.05, 0) is 36.4 Å². The number of amides is 1. The molecule has 0 fully saturated rings. The van der Waals surface area contributed by atoms with Gasteiger partial charge in [-0.3, -0.25) is 4.79 Å². The number of para-hydroxylation sites is 1. The Bertz CT molecular complexity index is 829. The number of hydrogen-bond donors (Lipinski definition) is 0. The van der Waals surface area contributed by atoms with Crippen molar-refractivity contribution < 1.29 is 13.2 Å². The van der Waals surface area contributed by atoms with Gasteiger partial charge in [0.1, 0.15) is 0 Å². The molecule has 2 aromatic rings. The SMILES string of the molecule is CCS(=O)(=O)c1ccc(C(=O)N2CCSc3ccccc32)cc1. The molecule has 23 heavy (non-hydrogen) atoms. The van der Waals surface area contributed by atoms with Crippen LogP contribution in [-0.2, 0) is 9.84 Å². The lowest BCUT2D eigenvalue weighted by Crippen LogP contribution is -2.35. The van der Waals surface area contributed by atoms with Crippen LogP contribution in [0.4, 0.5) is 5.69 Å². The van der Waals surface area contributed by atoms with Crippen LogP contribution in [0.1, 0.15) is 17.3 Å². The Hall–Kier alpha value is -1.79. The number of rotatable bonds is 3. The Balaban J connectivity index is 1.90. The first-order valence-electron chi connectivity index (χ1n) is 7.39. The third-order valence-electron chi connectivity index (χ3n) is 3.81. The van der Waals surface area contributed by atoms with Crippen LogP contribution in [-0.4, -0.2) is 32.4 Å². The second kappa shape index (κ2) is 6.37. The number of anilines is 1. The van der Waals surface area contributed by atoms with E-state index >= 15 is 0 Å².